The van der Waals surface area contributed by atoms with Gasteiger partial charge < -0.3 is 5.32 Å². The highest BCUT2D eigenvalue weighted by atomic mass is 32.2. The lowest BCUT2D eigenvalue weighted by Gasteiger charge is -2.20. The maximum Gasteiger partial charge on any atom is 0.269 e. The number of nitrogens with one attached hydrogen (secondary N) is 1. The molecule has 21 heavy (non-hydrogen) atoms. The summed E-state index contributed by atoms with van der Waals surface area (Å²) in [7, 11) is -3.92. The summed E-state index contributed by atoms with van der Waals surface area (Å²) in [6.07, 6.45) is 0. The van der Waals surface area contributed by atoms with E-state index in [4.69, 9.17) is 0 Å². The van der Waals surface area contributed by atoms with Crippen LogP contribution >= 0.6 is 0 Å². The van der Waals surface area contributed by atoms with Crippen molar-refractivity contribution in [2.24, 2.45) is 5.92 Å². The molecule has 0 radical (unpaired) electrons. The van der Waals surface area contributed by atoms with Crippen molar-refractivity contribution < 1.29 is 18.0 Å². The van der Waals surface area contributed by atoms with Gasteiger partial charge in [-0.2, -0.15) is 0 Å². The maximum absolute atomic E-state index is 12.3. The van der Waals surface area contributed by atoms with Gasteiger partial charge in [0.25, 0.3) is 15.9 Å². The number of sulfonamides is 1. The van der Waals surface area contributed by atoms with Gasteiger partial charge in [-0.15, -0.1) is 0 Å². The minimum Gasteiger partial charge on any atom is -0.352 e. The van der Waals surface area contributed by atoms with E-state index < -0.39 is 28.4 Å². The number of rotatable bonds is 4. The molecule has 0 aliphatic carbocycles. The van der Waals surface area contributed by atoms with Gasteiger partial charge in [0.05, 0.1) is 5.56 Å². The zero-order chi connectivity index (χ0) is 15.8. The smallest absolute Gasteiger partial charge is 0.269 e. The van der Waals surface area contributed by atoms with Gasteiger partial charge in [-0.25, -0.2) is 12.7 Å². The quantitative estimate of drug-likeness (QED) is 0.899. The van der Waals surface area contributed by atoms with Crippen LogP contribution in [0.5, 0.6) is 0 Å². The molecular weight excluding hydrogens is 292 g/mol. The predicted octanol–water partition coefficient (Wildman–Crippen LogP) is 0.992. The number of amides is 2. The van der Waals surface area contributed by atoms with Crippen LogP contribution in [0.1, 0.15) is 31.1 Å². The number of carbonyl (C=O) groups excluding carboxylic acids is 2. The Kier molecular flexibility index (Phi) is 4.04. The van der Waals surface area contributed by atoms with Gasteiger partial charge in [0, 0.05) is 6.04 Å². The third-order valence-electron chi connectivity index (χ3n) is 3.59. The molecule has 0 saturated heterocycles. The summed E-state index contributed by atoms with van der Waals surface area (Å²) in [6.45, 7) is 5.22. The largest absolute Gasteiger partial charge is 0.352 e. The summed E-state index contributed by atoms with van der Waals surface area (Å²) in [6, 6.07) is 5.87. The summed E-state index contributed by atoms with van der Waals surface area (Å²) in [5.74, 6) is -0.920. The lowest BCUT2D eigenvalue weighted by molar-refractivity contribution is -0.121. The van der Waals surface area contributed by atoms with E-state index in [0.717, 1.165) is 0 Å². The average Bonchev–Trinajstić information content (AvgIpc) is 2.60. The van der Waals surface area contributed by atoms with Crippen molar-refractivity contribution in [3.8, 4) is 0 Å². The van der Waals surface area contributed by atoms with Gasteiger partial charge in [0.1, 0.15) is 11.4 Å². The molecule has 0 aromatic heterocycles. The molecule has 1 aromatic carbocycles. The fraction of sp³-hybridized carbons (Fsp3) is 0.429. The average molecular weight is 310 g/mol. The minimum atomic E-state index is -3.92. The minimum absolute atomic E-state index is 0.0419. The first-order chi connectivity index (χ1) is 9.75. The topological polar surface area (TPSA) is 83.6 Å². The Morgan fingerprint density at radius 2 is 1.86 bits per heavy atom. The fourth-order valence-electron chi connectivity index (χ4n) is 1.98. The first-order valence-corrected chi connectivity index (χ1v) is 8.14. The van der Waals surface area contributed by atoms with Crippen molar-refractivity contribution in [3.63, 3.8) is 0 Å². The molecule has 114 valence electrons. The van der Waals surface area contributed by atoms with Gasteiger partial charge >= 0.3 is 0 Å². The Labute approximate surface area is 124 Å². The van der Waals surface area contributed by atoms with Crippen LogP contribution < -0.4 is 5.32 Å². The molecule has 0 unspecified atom stereocenters. The molecule has 1 heterocycles. The van der Waals surface area contributed by atoms with Gasteiger partial charge in [-0.05, 0) is 25.0 Å². The molecule has 0 bridgehead atoms. The van der Waals surface area contributed by atoms with E-state index in [-0.39, 0.29) is 22.4 Å². The van der Waals surface area contributed by atoms with Crippen LogP contribution in [-0.4, -0.2) is 37.1 Å². The second-order valence-corrected chi connectivity index (χ2v) is 7.24. The van der Waals surface area contributed by atoms with Crippen LogP contribution in [0, 0.1) is 5.92 Å². The third-order valence-corrected chi connectivity index (χ3v) is 5.37. The monoisotopic (exact) mass is 310 g/mol. The van der Waals surface area contributed by atoms with Crippen LogP contribution in [0.4, 0.5) is 0 Å². The molecule has 0 spiro atoms. The Balaban J connectivity index is 2.20. The van der Waals surface area contributed by atoms with Gasteiger partial charge in [0.2, 0.25) is 5.91 Å². The fourth-order valence-corrected chi connectivity index (χ4v) is 3.51. The summed E-state index contributed by atoms with van der Waals surface area (Å²) < 4.78 is 25.2. The first kappa shape index (κ1) is 15.5. The van der Waals surface area contributed by atoms with Crippen molar-refractivity contribution >= 4 is 21.8 Å². The van der Waals surface area contributed by atoms with Gasteiger partial charge in [-0.3, -0.25) is 9.59 Å². The Hall–Kier alpha value is -1.89. The van der Waals surface area contributed by atoms with Crippen molar-refractivity contribution in [3.05, 3.63) is 29.8 Å². The molecule has 1 atom stereocenters. The molecule has 0 saturated carbocycles. The SMILES string of the molecule is CC(C)[C@@H](C)NC(=O)CN1C(=O)c2ccccc2S1(=O)=O. The molecule has 1 aliphatic heterocycles. The standard InChI is InChI=1S/C14H18N2O4S/c1-9(2)10(3)15-13(17)8-16-14(18)11-6-4-5-7-12(11)21(16,19)20/h4-7,9-10H,8H2,1-3H3,(H,15,17)/t10-/m1/s1. The number of hydrogen-bond acceptors (Lipinski definition) is 4. The lowest BCUT2D eigenvalue weighted by atomic mass is 10.1. The second-order valence-electron chi connectivity index (χ2n) is 5.41. The van der Waals surface area contributed by atoms with E-state index in [1.165, 1.54) is 12.1 Å². The zero-order valence-corrected chi connectivity index (χ0v) is 13.0. The van der Waals surface area contributed by atoms with Crippen LogP contribution in [0.25, 0.3) is 0 Å². The predicted molar refractivity (Wildman–Crippen MR) is 77.1 cm³/mol. The highest BCUT2D eigenvalue weighted by Crippen LogP contribution is 2.29. The summed E-state index contributed by atoms with van der Waals surface area (Å²) in [5, 5.41) is 2.69. The van der Waals surface area contributed by atoms with Crippen molar-refractivity contribution in [1.82, 2.24) is 9.62 Å². The molecule has 1 N–H and O–H groups in total. The van der Waals surface area contributed by atoms with E-state index in [1.54, 1.807) is 12.1 Å². The Bertz CT molecular complexity index is 682. The molecule has 2 amide bonds. The summed E-state index contributed by atoms with van der Waals surface area (Å²) in [5.41, 5.74) is 0.113. The second kappa shape index (κ2) is 5.48. The first-order valence-electron chi connectivity index (χ1n) is 6.70. The van der Waals surface area contributed by atoms with E-state index in [0.29, 0.717) is 4.31 Å². The van der Waals surface area contributed by atoms with Crippen molar-refractivity contribution in [2.45, 2.75) is 31.7 Å². The summed E-state index contributed by atoms with van der Waals surface area (Å²) >= 11 is 0. The number of benzene rings is 1. The van der Waals surface area contributed by atoms with E-state index in [2.05, 4.69) is 5.32 Å². The third kappa shape index (κ3) is 2.78. The van der Waals surface area contributed by atoms with Crippen molar-refractivity contribution in [2.75, 3.05) is 6.54 Å². The maximum atomic E-state index is 12.3. The van der Waals surface area contributed by atoms with Crippen LogP contribution in [0.3, 0.4) is 0 Å². The number of fused-ring (bicyclic) bond motifs is 1. The number of nitrogens with zero attached hydrogens (tertiary/aromatic N) is 1. The van der Waals surface area contributed by atoms with Gasteiger partial charge in [-0.1, -0.05) is 26.0 Å². The normalized spacial score (nSPS) is 17.7. The highest BCUT2D eigenvalue weighted by molar-refractivity contribution is 7.90. The van der Waals surface area contributed by atoms with Crippen molar-refractivity contribution in [1.29, 1.82) is 0 Å². The molecule has 1 aromatic rings. The van der Waals surface area contributed by atoms with Crippen LogP contribution in [0.15, 0.2) is 29.2 Å². The van der Waals surface area contributed by atoms with Gasteiger partial charge in [0.15, 0.2) is 0 Å². The van der Waals surface area contributed by atoms with E-state index >= 15 is 0 Å². The number of carbonyl (C=O) groups is 2. The van der Waals surface area contributed by atoms with E-state index in [1.807, 2.05) is 20.8 Å². The molecule has 2 rings (SSSR count). The number of hydrogen-bond donors (Lipinski definition) is 1. The lowest BCUT2D eigenvalue weighted by Crippen LogP contribution is -2.44. The zero-order valence-electron chi connectivity index (χ0n) is 12.2. The van der Waals surface area contributed by atoms with E-state index in [9.17, 15) is 18.0 Å². The Morgan fingerprint density at radius 3 is 2.43 bits per heavy atom. The summed E-state index contributed by atoms with van der Waals surface area (Å²) in [4.78, 5) is 24.0. The highest BCUT2D eigenvalue weighted by Gasteiger charge is 2.41. The molecule has 1 aliphatic rings. The Morgan fingerprint density at radius 1 is 1.24 bits per heavy atom. The molecule has 6 nitrogen and oxygen atoms in total. The molecular formula is C14H18N2O4S. The van der Waals surface area contributed by atoms with Crippen LogP contribution in [0.2, 0.25) is 0 Å². The molecule has 7 heteroatoms. The van der Waals surface area contributed by atoms with Crippen LogP contribution in [-0.2, 0) is 14.8 Å². The molecule has 0 fully saturated rings.